The van der Waals surface area contributed by atoms with E-state index in [2.05, 4.69) is 52.7 Å². The lowest BCUT2D eigenvalue weighted by Gasteiger charge is -2.29. The summed E-state index contributed by atoms with van der Waals surface area (Å²) in [5.74, 6) is 1.77. The second-order valence-corrected chi connectivity index (χ2v) is 9.81. The summed E-state index contributed by atoms with van der Waals surface area (Å²) in [6.07, 6.45) is 2.22. The number of nitrogens with one attached hydrogen (secondary N) is 1. The summed E-state index contributed by atoms with van der Waals surface area (Å²) in [4.78, 5) is 13.5. The molecule has 160 valence electrons. The first-order valence-corrected chi connectivity index (χ1v) is 11.8. The fourth-order valence-electron chi connectivity index (χ4n) is 3.79. The summed E-state index contributed by atoms with van der Waals surface area (Å²) < 4.78 is 5.55. The van der Waals surface area contributed by atoms with Crippen molar-refractivity contribution < 1.29 is 4.74 Å². The molecular weight excluding hydrogens is 428 g/mol. The van der Waals surface area contributed by atoms with E-state index in [0.29, 0.717) is 0 Å². The number of hydrogen-bond donors (Lipinski definition) is 1. The van der Waals surface area contributed by atoms with Crippen LogP contribution in [-0.4, -0.2) is 43.3 Å². The molecule has 2 fully saturated rings. The summed E-state index contributed by atoms with van der Waals surface area (Å²) >= 11 is 7.96. The summed E-state index contributed by atoms with van der Waals surface area (Å²) in [6, 6.07) is 18.6. The van der Waals surface area contributed by atoms with Gasteiger partial charge in [0.2, 0.25) is 0 Å². The second-order valence-electron chi connectivity index (χ2n) is 7.91. The number of benzene rings is 2. The highest BCUT2D eigenvalue weighted by molar-refractivity contribution is 8.00. The quantitative estimate of drug-likeness (QED) is 0.536. The molecule has 2 aliphatic rings. The molecule has 1 aliphatic heterocycles. The Balaban J connectivity index is 1.52. The maximum Gasteiger partial charge on any atom is 0.161 e. The van der Waals surface area contributed by atoms with Gasteiger partial charge >= 0.3 is 0 Å². The number of morpholine rings is 1. The second kappa shape index (κ2) is 8.69. The normalized spacial score (nSPS) is 17.4. The zero-order valence-electron chi connectivity index (χ0n) is 17.5. The molecule has 3 aromatic rings. The summed E-state index contributed by atoms with van der Waals surface area (Å²) in [6.45, 7) is 3.17. The molecule has 1 aromatic heterocycles. The monoisotopic (exact) mass is 452 g/mol. The van der Waals surface area contributed by atoms with E-state index in [1.807, 2.05) is 30.9 Å². The SMILES string of the molecule is CNc1ccc(-c2nc(N3CCOCC3)cc(C3(Sc4ccc(Cl)cc4)CC3)n2)cc1. The van der Waals surface area contributed by atoms with E-state index in [4.69, 9.17) is 26.3 Å². The van der Waals surface area contributed by atoms with Gasteiger partial charge in [0.25, 0.3) is 0 Å². The van der Waals surface area contributed by atoms with Gasteiger partial charge in [-0.15, -0.1) is 11.8 Å². The Bertz CT molecular complexity index is 1050. The number of ether oxygens (including phenoxy) is 1. The molecular formula is C24H25ClN4OS. The highest BCUT2D eigenvalue weighted by Crippen LogP contribution is 2.59. The number of thioether (sulfide) groups is 1. The highest BCUT2D eigenvalue weighted by Gasteiger charge is 2.47. The van der Waals surface area contributed by atoms with E-state index in [1.165, 1.54) is 4.90 Å². The average molecular weight is 453 g/mol. The van der Waals surface area contributed by atoms with Crippen molar-refractivity contribution in [2.24, 2.45) is 0 Å². The Morgan fingerprint density at radius 3 is 2.35 bits per heavy atom. The molecule has 0 unspecified atom stereocenters. The Hall–Kier alpha value is -2.28. The Labute approximate surface area is 192 Å². The average Bonchev–Trinajstić information content (AvgIpc) is 3.62. The first-order chi connectivity index (χ1) is 15.1. The molecule has 1 N–H and O–H groups in total. The minimum absolute atomic E-state index is 0.00251. The van der Waals surface area contributed by atoms with E-state index < -0.39 is 0 Å². The molecule has 5 rings (SSSR count). The molecule has 1 aliphatic carbocycles. The van der Waals surface area contributed by atoms with E-state index in [1.54, 1.807) is 0 Å². The topological polar surface area (TPSA) is 50.3 Å². The van der Waals surface area contributed by atoms with E-state index >= 15 is 0 Å². The van der Waals surface area contributed by atoms with Crippen LogP contribution in [0.4, 0.5) is 11.5 Å². The van der Waals surface area contributed by atoms with Crippen LogP contribution in [0.3, 0.4) is 0 Å². The van der Waals surface area contributed by atoms with Crippen LogP contribution in [0.25, 0.3) is 11.4 Å². The van der Waals surface area contributed by atoms with Gasteiger partial charge in [-0.05, 0) is 61.4 Å². The van der Waals surface area contributed by atoms with Gasteiger partial charge < -0.3 is 15.0 Å². The van der Waals surface area contributed by atoms with Gasteiger partial charge in [-0.1, -0.05) is 11.6 Å². The standard InChI is InChI=1S/C24H25ClN4OS/c1-26-19-6-2-17(3-7-19)23-27-21(16-22(28-23)29-12-14-30-15-13-29)24(10-11-24)31-20-8-4-18(25)5-9-20/h2-9,16,26H,10-15H2,1H3. The molecule has 0 atom stereocenters. The third-order valence-corrected chi connectivity index (χ3v) is 7.55. The van der Waals surface area contributed by atoms with Gasteiger partial charge in [-0.2, -0.15) is 0 Å². The predicted molar refractivity (Wildman–Crippen MR) is 128 cm³/mol. The smallest absolute Gasteiger partial charge is 0.161 e. The van der Waals surface area contributed by atoms with Crippen LogP contribution in [0.15, 0.2) is 59.5 Å². The summed E-state index contributed by atoms with van der Waals surface area (Å²) in [5, 5.41) is 3.93. The lowest BCUT2D eigenvalue weighted by molar-refractivity contribution is 0.122. The fraction of sp³-hybridized carbons (Fsp3) is 0.333. The molecule has 7 heteroatoms. The minimum atomic E-state index is -0.00251. The van der Waals surface area contributed by atoms with Crippen LogP contribution >= 0.6 is 23.4 Å². The number of nitrogens with zero attached hydrogens (tertiary/aromatic N) is 3. The van der Waals surface area contributed by atoms with Crippen molar-refractivity contribution in [1.82, 2.24) is 9.97 Å². The molecule has 1 saturated carbocycles. The molecule has 2 heterocycles. The zero-order valence-corrected chi connectivity index (χ0v) is 19.0. The molecule has 2 aromatic carbocycles. The van der Waals surface area contributed by atoms with Crippen molar-refractivity contribution in [1.29, 1.82) is 0 Å². The van der Waals surface area contributed by atoms with E-state index in [0.717, 1.165) is 72.8 Å². The zero-order chi connectivity index (χ0) is 21.3. The maximum atomic E-state index is 6.08. The van der Waals surface area contributed by atoms with Crippen LogP contribution < -0.4 is 10.2 Å². The van der Waals surface area contributed by atoms with Crippen molar-refractivity contribution in [3.05, 3.63) is 65.3 Å². The van der Waals surface area contributed by atoms with Gasteiger partial charge in [0.1, 0.15) is 5.82 Å². The third-order valence-electron chi connectivity index (χ3n) is 5.78. The van der Waals surface area contributed by atoms with E-state index in [-0.39, 0.29) is 4.75 Å². The van der Waals surface area contributed by atoms with E-state index in [9.17, 15) is 0 Å². The van der Waals surface area contributed by atoms with Gasteiger partial charge in [-0.25, -0.2) is 9.97 Å². The number of hydrogen-bond acceptors (Lipinski definition) is 6. The van der Waals surface area contributed by atoms with Crippen molar-refractivity contribution in [2.45, 2.75) is 22.5 Å². The van der Waals surface area contributed by atoms with Gasteiger partial charge in [-0.3, -0.25) is 0 Å². The Kier molecular flexibility index (Phi) is 5.78. The molecule has 31 heavy (non-hydrogen) atoms. The predicted octanol–water partition coefficient (Wildman–Crippen LogP) is 5.46. The highest BCUT2D eigenvalue weighted by atomic mass is 35.5. The Morgan fingerprint density at radius 2 is 1.71 bits per heavy atom. The number of rotatable bonds is 6. The summed E-state index contributed by atoms with van der Waals surface area (Å²) in [7, 11) is 1.92. The van der Waals surface area contributed by atoms with Crippen LogP contribution in [0.5, 0.6) is 0 Å². The number of anilines is 2. The molecule has 5 nitrogen and oxygen atoms in total. The number of aromatic nitrogens is 2. The van der Waals surface area contributed by atoms with Crippen LogP contribution in [-0.2, 0) is 9.48 Å². The first-order valence-electron chi connectivity index (χ1n) is 10.6. The third kappa shape index (κ3) is 4.52. The molecule has 1 saturated heterocycles. The van der Waals surface area contributed by atoms with Crippen molar-refractivity contribution in [2.75, 3.05) is 43.6 Å². The van der Waals surface area contributed by atoms with Gasteiger partial charge in [0, 0.05) is 47.4 Å². The van der Waals surface area contributed by atoms with Crippen LogP contribution in [0, 0.1) is 0 Å². The minimum Gasteiger partial charge on any atom is -0.388 e. The van der Waals surface area contributed by atoms with Crippen molar-refractivity contribution >= 4 is 34.9 Å². The molecule has 0 spiro atoms. The lowest BCUT2D eigenvalue weighted by atomic mass is 10.1. The fourth-order valence-corrected chi connectivity index (χ4v) is 5.15. The number of halogens is 1. The van der Waals surface area contributed by atoms with Crippen molar-refractivity contribution in [3.8, 4) is 11.4 Å². The lowest BCUT2D eigenvalue weighted by Crippen LogP contribution is -2.37. The molecule has 0 bridgehead atoms. The molecule has 0 radical (unpaired) electrons. The summed E-state index contributed by atoms with van der Waals surface area (Å²) in [5.41, 5.74) is 3.21. The Morgan fingerprint density at radius 1 is 1.00 bits per heavy atom. The van der Waals surface area contributed by atoms with Crippen LogP contribution in [0.1, 0.15) is 18.5 Å². The van der Waals surface area contributed by atoms with Gasteiger partial charge in [0.15, 0.2) is 5.82 Å². The van der Waals surface area contributed by atoms with Gasteiger partial charge in [0.05, 0.1) is 23.7 Å². The maximum absolute atomic E-state index is 6.08. The van der Waals surface area contributed by atoms with Crippen LogP contribution in [0.2, 0.25) is 5.02 Å². The molecule has 0 amide bonds. The first kappa shape index (κ1) is 20.6. The van der Waals surface area contributed by atoms with Crippen molar-refractivity contribution in [3.63, 3.8) is 0 Å². The largest absolute Gasteiger partial charge is 0.388 e.